The van der Waals surface area contributed by atoms with E-state index in [1.807, 2.05) is 0 Å². The van der Waals surface area contributed by atoms with Gasteiger partial charge in [-0.3, -0.25) is 0 Å². The van der Waals surface area contributed by atoms with Gasteiger partial charge in [-0.1, -0.05) is 135 Å². The number of halogens is 2. The Balaban J connectivity index is 0.000000162. The van der Waals surface area contributed by atoms with Crippen molar-refractivity contribution in [3.8, 4) is 22.3 Å². The molecule has 0 unspecified atom stereocenters. The summed E-state index contributed by atoms with van der Waals surface area (Å²) in [5.41, 5.74) is 8.15. The Morgan fingerprint density at radius 2 is 0.792 bits per heavy atom. The number of fused-ring (bicyclic) bond motifs is 4. The SMILES string of the molecule is CCc1cc2c(-c3cccc4ccccc34)cccc2[cH-]1.CCc1cc2c(-c3cccc4ccccc34)cccc2[cH-]1.C[Si]C.[Cl][Zr+2][Cl]. The van der Waals surface area contributed by atoms with Crippen molar-refractivity contribution >= 4 is 69.6 Å². The van der Waals surface area contributed by atoms with Crippen LogP contribution in [0.5, 0.6) is 0 Å². The summed E-state index contributed by atoms with van der Waals surface area (Å²) in [5, 5.41) is 10.7. The first-order chi connectivity index (χ1) is 23.6. The molecule has 238 valence electrons. The molecule has 48 heavy (non-hydrogen) atoms. The van der Waals surface area contributed by atoms with Crippen molar-refractivity contribution in [2.45, 2.75) is 39.8 Å². The maximum atomic E-state index is 4.93. The van der Waals surface area contributed by atoms with Crippen LogP contribution in [0.4, 0.5) is 0 Å². The number of aryl methyl sites for hydroxylation is 2. The number of rotatable bonds is 4. The summed E-state index contributed by atoms with van der Waals surface area (Å²) in [7, 11) is 11.0. The van der Waals surface area contributed by atoms with Gasteiger partial charge in [0.1, 0.15) is 0 Å². The van der Waals surface area contributed by atoms with Crippen LogP contribution in [0.25, 0.3) is 65.3 Å². The van der Waals surface area contributed by atoms with E-state index in [0.29, 0.717) is 0 Å². The fraction of sp³-hybridized carbons (Fsp3) is 0.136. The topological polar surface area (TPSA) is 0 Å². The molecule has 8 aromatic rings. The molecule has 8 rings (SSSR count). The standard InChI is InChI=1S/2C21H17.C2H6Si.2ClH.Zr/c2*1-2-15-13-17-9-6-12-20(21(17)14-15)19-11-5-8-16-7-3-4-10-18(16)19;1-3-2;;;/h2*3-14H,2H2,1H3;1-2H3;2*1H;/q2*-1;;;;+4/p-2. The van der Waals surface area contributed by atoms with E-state index in [9.17, 15) is 0 Å². The molecule has 0 spiro atoms. The summed E-state index contributed by atoms with van der Waals surface area (Å²) in [5.74, 6) is 0. The zero-order valence-electron chi connectivity index (χ0n) is 28.0. The van der Waals surface area contributed by atoms with Crippen molar-refractivity contribution in [1.29, 1.82) is 0 Å². The predicted octanol–water partition coefficient (Wildman–Crippen LogP) is 14.0. The normalized spacial score (nSPS) is 10.5. The number of hydrogen-bond acceptors (Lipinski definition) is 0. The van der Waals surface area contributed by atoms with E-state index in [1.165, 1.54) is 76.5 Å². The Bertz CT molecular complexity index is 2060. The fourth-order valence-corrected chi connectivity index (χ4v) is 6.39. The fourth-order valence-electron chi connectivity index (χ4n) is 6.39. The molecule has 0 amide bonds. The van der Waals surface area contributed by atoms with Gasteiger partial charge in [0.15, 0.2) is 0 Å². The first-order valence-electron chi connectivity index (χ1n) is 16.4. The Morgan fingerprint density at radius 1 is 0.479 bits per heavy atom. The van der Waals surface area contributed by atoms with Crippen molar-refractivity contribution in [2.75, 3.05) is 0 Å². The molecule has 0 aliphatic heterocycles. The van der Waals surface area contributed by atoms with Crippen LogP contribution in [0.3, 0.4) is 0 Å². The molecule has 0 fully saturated rings. The zero-order valence-corrected chi connectivity index (χ0v) is 33.0. The molecule has 0 N–H and O–H groups in total. The quantitative estimate of drug-likeness (QED) is 0.124. The summed E-state index contributed by atoms with van der Waals surface area (Å²) in [6, 6.07) is 52.9. The maximum absolute atomic E-state index is 4.93. The zero-order chi connectivity index (χ0) is 33.9. The van der Waals surface area contributed by atoms with Gasteiger partial charge in [0.25, 0.3) is 0 Å². The monoisotopic (exact) mass is 756 g/mol. The molecule has 0 aromatic heterocycles. The van der Waals surface area contributed by atoms with Crippen molar-refractivity contribution in [2.24, 2.45) is 0 Å². The second kappa shape index (κ2) is 17.9. The summed E-state index contributed by atoms with van der Waals surface area (Å²) in [6.07, 6.45) is 2.17. The molecule has 4 heteroatoms. The molecule has 0 atom stereocenters. The molecule has 0 aliphatic rings. The number of hydrogen-bond donors (Lipinski definition) is 0. The molecule has 0 nitrogen and oxygen atoms in total. The van der Waals surface area contributed by atoms with Gasteiger partial charge >= 0.3 is 37.9 Å². The minimum absolute atomic E-state index is 0.826. The van der Waals surface area contributed by atoms with Crippen LogP contribution in [0, 0.1) is 0 Å². The summed E-state index contributed by atoms with van der Waals surface area (Å²) in [4.78, 5) is 0. The Kier molecular flexibility index (Phi) is 13.5. The van der Waals surface area contributed by atoms with Crippen LogP contribution in [0.15, 0.2) is 146 Å². The van der Waals surface area contributed by atoms with Crippen LogP contribution in [-0.2, 0) is 33.7 Å². The molecule has 0 bridgehead atoms. The van der Waals surface area contributed by atoms with Crippen molar-refractivity contribution in [1.82, 2.24) is 0 Å². The molecule has 0 heterocycles. The average Bonchev–Trinajstić information content (AvgIpc) is 3.76. The van der Waals surface area contributed by atoms with E-state index in [0.717, 1.165) is 22.4 Å². The van der Waals surface area contributed by atoms with E-state index in [1.54, 1.807) is 0 Å². The molecule has 2 radical (unpaired) electrons. The first-order valence-corrected chi connectivity index (χ1v) is 24.8. The third-order valence-corrected chi connectivity index (χ3v) is 8.60. The molecule has 0 saturated heterocycles. The van der Waals surface area contributed by atoms with E-state index in [2.05, 4.69) is 173 Å². The van der Waals surface area contributed by atoms with Crippen LogP contribution in [0.1, 0.15) is 25.0 Å². The Hall–Kier alpha value is -3.26. The average molecular weight is 759 g/mol. The summed E-state index contributed by atoms with van der Waals surface area (Å²) in [6.45, 7) is 8.73. The second-order valence-corrected chi connectivity index (χ2v) is 16.4. The van der Waals surface area contributed by atoms with Gasteiger partial charge in [-0.2, -0.15) is 12.1 Å². The Morgan fingerprint density at radius 3 is 1.17 bits per heavy atom. The van der Waals surface area contributed by atoms with Crippen molar-refractivity contribution in [3.05, 3.63) is 157 Å². The van der Waals surface area contributed by atoms with E-state index >= 15 is 0 Å². The van der Waals surface area contributed by atoms with Gasteiger partial charge < -0.3 is 0 Å². The Labute approximate surface area is 306 Å². The van der Waals surface area contributed by atoms with Crippen molar-refractivity contribution < 1.29 is 20.8 Å². The van der Waals surface area contributed by atoms with Gasteiger partial charge in [-0.05, 0) is 45.5 Å². The van der Waals surface area contributed by atoms with Crippen LogP contribution in [0.2, 0.25) is 13.1 Å². The molecule has 8 aromatic carbocycles. The molecule has 0 saturated carbocycles. The first kappa shape index (κ1) is 36.0. The van der Waals surface area contributed by atoms with Gasteiger partial charge in [-0.25, -0.2) is 0 Å². The second-order valence-electron chi connectivity index (χ2n) is 11.7. The van der Waals surface area contributed by atoms with Gasteiger partial charge in [0.05, 0.1) is 0 Å². The number of benzene rings is 6. The van der Waals surface area contributed by atoms with Gasteiger partial charge in [0.2, 0.25) is 0 Å². The van der Waals surface area contributed by atoms with Crippen LogP contribution in [-0.4, -0.2) is 9.52 Å². The summed E-state index contributed by atoms with van der Waals surface area (Å²) >= 11 is -0.826. The third kappa shape index (κ3) is 8.30. The van der Waals surface area contributed by atoms with Crippen molar-refractivity contribution in [3.63, 3.8) is 0 Å². The van der Waals surface area contributed by atoms with Crippen LogP contribution < -0.4 is 0 Å². The van der Waals surface area contributed by atoms with E-state index < -0.39 is 20.8 Å². The molecular weight excluding hydrogens is 719 g/mol. The summed E-state index contributed by atoms with van der Waals surface area (Å²) < 4.78 is 0. The molecular formula is C44H40Cl2SiZr. The van der Waals surface area contributed by atoms with E-state index in [4.69, 9.17) is 17.0 Å². The molecule has 0 aliphatic carbocycles. The third-order valence-electron chi connectivity index (χ3n) is 8.60. The minimum atomic E-state index is -0.826. The van der Waals surface area contributed by atoms with Gasteiger partial charge in [-0.15, -0.1) is 69.1 Å². The van der Waals surface area contributed by atoms with Gasteiger partial charge in [0, 0.05) is 9.52 Å². The van der Waals surface area contributed by atoms with Crippen LogP contribution >= 0.6 is 17.0 Å². The predicted molar refractivity (Wildman–Crippen MR) is 213 cm³/mol. The van der Waals surface area contributed by atoms with E-state index in [-0.39, 0.29) is 0 Å².